The van der Waals surface area contributed by atoms with Crippen LogP contribution in [0.2, 0.25) is 0 Å². The van der Waals surface area contributed by atoms with Crippen LogP contribution in [0.5, 0.6) is 0 Å². The Morgan fingerprint density at radius 2 is 1.44 bits per heavy atom. The van der Waals surface area contributed by atoms with E-state index in [1.807, 2.05) is 0 Å². The second-order valence-electron chi connectivity index (χ2n) is 5.09. The van der Waals surface area contributed by atoms with E-state index in [9.17, 15) is 0 Å². The fourth-order valence-electron chi connectivity index (χ4n) is 2.16. The lowest BCUT2D eigenvalue weighted by atomic mass is 10.1. The molecule has 0 saturated carbocycles. The molecule has 0 saturated heterocycles. The molecule has 0 unspecified atom stereocenters. The molecule has 0 fully saturated rings. The molecule has 0 N–H and O–H groups in total. The van der Waals surface area contributed by atoms with Crippen molar-refractivity contribution < 1.29 is 9.30 Å². The maximum atomic E-state index is 5.04. The van der Waals surface area contributed by atoms with E-state index in [4.69, 9.17) is 4.74 Å². The minimum atomic E-state index is 0.922. The Hall–Kier alpha value is -0.890. The molecule has 0 aliphatic rings. The summed E-state index contributed by atoms with van der Waals surface area (Å²) in [6.07, 6.45) is 14.9. The van der Waals surface area contributed by atoms with Crippen LogP contribution in [0, 0.1) is 0 Å². The normalized spacial score (nSPS) is 10.8. The maximum absolute atomic E-state index is 5.04. The highest BCUT2D eigenvalue weighted by molar-refractivity contribution is 5.06. The average Bonchev–Trinajstić information content (AvgIpc) is 2.39. The van der Waals surface area contributed by atoms with Crippen molar-refractivity contribution in [3.63, 3.8) is 0 Å². The van der Waals surface area contributed by atoms with Gasteiger partial charge in [-0.25, -0.2) is 4.57 Å². The number of hydrogen-bond acceptors (Lipinski definition) is 1. The van der Waals surface area contributed by atoms with E-state index >= 15 is 0 Å². The van der Waals surface area contributed by atoms with Crippen LogP contribution in [0.15, 0.2) is 24.5 Å². The largest absolute Gasteiger partial charge is 0.385 e. The molecule has 0 atom stereocenters. The van der Waals surface area contributed by atoms with Crippen molar-refractivity contribution in [3.05, 3.63) is 30.1 Å². The van der Waals surface area contributed by atoms with Gasteiger partial charge in [-0.3, -0.25) is 0 Å². The fraction of sp³-hybridized carbons (Fsp3) is 0.688. The molecular weight excluding hydrogens is 222 g/mol. The van der Waals surface area contributed by atoms with Crippen LogP contribution in [0.3, 0.4) is 0 Å². The van der Waals surface area contributed by atoms with Crippen molar-refractivity contribution in [3.8, 4) is 0 Å². The zero-order valence-electron chi connectivity index (χ0n) is 12.0. The van der Waals surface area contributed by atoms with Crippen molar-refractivity contribution in [2.75, 3.05) is 13.7 Å². The van der Waals surface area contributed by atoms with Gasteiger partial charge in [0, 0.05) is 25.8 Å². The Morgan fingerprint density at radius 3 is 2.06 bits per heavy atom. The second-order valence-corrected chi connectivity index (χ2v) is 5.09. The van der Waals surface area contributed by atoms with E-state index in [-0.39, 0.29) is 0 Å². The van der Waals surface area contributed by atoms with E-state index in [0.29, 0.717) is 0 Å². The van der Waals surface area contributed by atoms with Crippen molar-refractivity contribution in [1.29, 1.82) is 0 Å². The molecule has 0 aliphatic heterocycles. The van der Waals surface area contributed by atoms with Crippen molar-refractivity contribution in [1.82, 2.24) is 0 Å². The molecule has 0 spiro atoms. The molecule has 0 radical (unpaired) electrons. The predicted octanol–water partition coefficient (Wildman–Crippen LogP) is 3.43. The lowest BCUT2D eigenvalue weighted by Crippen LogP contribution is -2.25. The predicted molar refractivity (Wildman–Crippen MR) is 75.5 cm³/mol. The molecule has 1 aromatic rings. The molecule has 18 heavy (non-hydrogen) atoms. The minimum Gasteiger partial charge on any atom is -0.385 e. The fourth-order valence-corrected chi connectivity index (χ4v) is 2.16. The van der Waals surface area contributed by atoms with Gasteiger partial charge in [-0.15, -0.1) is 0 Å². The van der Waals surface area contributed by atoms with Crippen LogP contribution in [0.4, 0.5) is 0 Å². The summed E-state index contributed by atoms with van der Waals surface area (Å²) < 4.78 is 7.13. The van der Waals surface area contributed by atoms with Crippen LogP contribution in [-0.2, 0) is 18.2 Å². The molecule has 102 valence electrons. The number of aryl methyl sites for hydroxylation is 2. The molecular formula is C16H28NO+. The Bertz CT molecular complexity index is 294. The van der Waals surface area contributed by atoms with Gasteiger partial charge in [0.15, 0.2) is 12.4 Å². The van der Waals surface area contributed by atoms with E-state index < -0.39 is 0 Å². The third kappa shape index (κ3) is 7.44. The van der Waals surface area contributed by atoms with Crippen molar-refractivity contribution >= 4 is 0 Å². The van der Waals surface area contributed by atoms with Gasteiger partial charge in [-0.1, -0.05) is 32.1 Å². The molecule has 1 rings (SSSR count). The number of unbranched alkanes of at least 4 members (excludes halogenated alkanes) is 6. The second kappa shape index (κ2) is 10.1. The Morgan fingerprint density at radius 1 is 0.889 bits per heavy atom. The van der Waals surface area contributed by atoms with Crippen molar-refractivity contribution in [2.45, 2.75) is 51.4 Å². The number of aromatic nitrogens is 1. The van der Waals surface area contributed by atoms with Crippen LogP contribution in [0.1, 0.15) is 50.5 Å². The van der Waals surface area contributed by atoms with Gasteiger partial charge in [0.1, 0.15) is 7.05 Å². The van der Waals surface area contributed by atoms with Crippen LogP contribution in [0.25, 0.3) is 0 Å². The highest BCUT2D eigenvalue weighted by Crippen LogP contribution is 2.09. The van der Waals surface area contributed by atoms with Gasteiger partial charge in [0.05, 0.1) is 0 Å². The zero-order valence-corrected chi connectivity index (χ0v) is 12.0. The summed E-state index contributed by atoms with van der Waals surface area (Å²) in [5.41, 5.74) is 1.47. The van der Waals surface area contributed by atoms with Gasteiger partial charge in [-0.2, -0.15) is 0 Å². The molecule has 0 aromatic carbocycles. The molecule has 0 amide bonds. The third-order valence-electron chi connectivity index (χ3n) is 3.36. The molecule has 2 nitrogen and oxygen atoms in total. The summed E-state index contributed by atoms with van der Waals surface area (Å²) >= 11 is 0. The molecule has 1 aromatic heterocycles. The van der Waals surface area contributed by atoms with Gasteiger partial charge < -0.3 is 4.74 Å². The first-order chi connectivity index (χ1) is 8.83. The van der Waals surface area contributed by atoms with Crippen LogP contribution < -0.4 is 4.57 Å². The summed E-state index contributed by atoms with van der Waals surface area (Å²) in [6, 6.07) is 4.45. The SMILES string of the molecule is COCCCCCCCCCc1cc[n+](C)cc1. The first kappa shape index (κ1) is 15.2. The quantitative estimate of drug-likeness (QED) is 0.458. The minimum absolute atomic E-state index is 0.922. The van der Waals surface area contributed by atoms with E-state index in [1.165, 1.54) is 56.9 Å². The summed E-state index contributed by atoms with van der Waals surface area (Å²) in [6.45, 7) is 0.922. The molecule has 1 heterocycles. The van der Waals surface area contributed by atoms with Gasteiger partial charge in [-0.05, 0) is 24.8 Å². The summed E-state index contributed by atoms with van der Waals surface area (Å²) in [5.74, 6) is 0. The van der Waals surface area contributed by atoms with Gasteiger partial charge >= 0.3 is 0 Å². The molecule has 0 bridgehead atoms. The number of pyridine rings is 1. The Labute approximate surface area is 112 Å². The standard InChI is InChI=1S/C16H28NO/c1-17-13-11-16(12-14-17)10-8-6-4-3-5-7-9-15-18-2/h11-14H,3-10,15H2,1-2H3/q+1. The van der Waals surface area contributed by atoms with Gasteiger partial charge in [0.2, 0.25) is 0 Å². The number of methoxy groups -OCH3 is 1. The van der Waals surface area contributed by atoms with Crippen LogP contribution >= 0.6 is 0 Å². The number of ether oxygens (including phenoxy) is 1. The van der Waals surface area contributed by atoms with E-state index in [1.54, 1.807) is 7.11 Å². The highest BCUT2D eigenvalue weighted by atomic mass is 16.5. The highest BCUT2D eigenvalue weighted by Gasteiger charge is 1.96. The maximum Gasteiger partial charge on any atom is 0.168 e. The summed E-state index contributed by atoms with van der Waals surface area (Å²) in [5, 5.41) is 0. The van der Waals surface area contributed by atoms with Crippen molar-refractivity contribution in [2.24, 2.45) is 7.05 Å². The van der Waals surface area contributed by atoms with Gasteiger partial charge in [0.25, 0.3) is 0 Å². The number of nitrogens with zero attached hydrogens (tertiary/aromatic N) is 1. The number of hydrogen-bond donors (Lipinski definition) is 0. The molecule has 0 aliphatic carbocycles. The monoisotopic (exact) mass is 250 g/mol. The Kier molecular flexibility index (Phi) is 8.49. The summed E-state index contributed by atoms with van der Waals surface area (Å²) in [7, 11) is 3.84. The average molecular weight is 250 g/mol. The lowest BCUT2D eigenvalue weighted by Gasteiger charge is -2.02. The smallest absolute Gasteiger partial charge is 0.168 e. The van der Waals surface area contributed by atoms with Crippen LogP contribution in [-0.4, -0.2) is 13.7 Å². The summed E-state index contributed by atoms with van der Waals surface area (Å²) in [4.78, 5) is 0. The third-order valence-corrected chi connectivity index (χ3v) is 3.36. The molecule has 2 heteroatoms. The first-order valence-electron chi connectivity index (χ1n) is 7.26. The first-order valence-corrected chi connectivity index (χ1v) is 7.26. The zero-order chi connectivity index (χ0) is 13.1. The number of rotatable bonds is 10. The lowest BCUT2D eigenvalue weighted by molar-refractivity contribution is -0.671. The van der Waals surface area contributed by atoms with E-state index in [0.717, 1.165) is 6.61 Å². The topological polar surface area (TPSA) is 13.1 Å². The Balaban J connectivity index is 1.91. The van der Waals surface area contributed by atoms with E-state index in [2.05, 4.69) is 36.1 Å².